The third kappa shape index (κ3) is 6.54. The molecule has 2 aromatic rings. The van der Waals surface area contributed by atoms with E-state index in [2.05, 4.69) is 4.72 Å². The lowest BCUT2D eigenvalue weighted by Crippen LogP contribution is -2.45. The molecule has 0 bridgehead atoms. The highest BCUT2D eigenvalue weighted by Crippen LogP contribution is 2.27. The first kappa shape index (κ1) is 24.7. The van der Waals surface area contributed by atoms with Crippen molar-refractivity contribution in [2.75, 3.05) is 26.0 Å². The van der Waals surface area contributed by atoms with Crippen molar-refractivity contribution >= 4 is 20.0 Å². The van der Waals surface area contributed by atoms with Gasteiger partial charge in [-0.1, -0.05) is 36.2 Å². The molecule has 1 heterocycles. The number of hydrogen-bond donors (Lipinski definition) is 1. The molecule has 1 N–H and O–H groups in total. The first-order valence-electron chi connectivity index (χ1n) is 10.9. The second-order valence-electron chi connectivity index (χ2n) is 8.18. The minimum atomic E-state index is -3.60. The molecule has 32 heavy (non-hydrogen) atoms. The normalized spacial score (nSPS) is 17.9. The molecule has 1 atom stereocenters. The molecule has 3 rings (SSSR count). The topological polar surface area (TPSA) is 92.8 Å². The van der Waals surface area contributed by atoms with Crippen LogP contribution < -0.4 is 9.46 Å². The van der Waals surface area contributed by atoms with Crippen molar-refractivity contribution in [1.82, 2.24) is 9.03 Å². The van der Waals surface area contributed by atoms with E-state index in [4.69, 9.17) is 4.74 Å². The van der Waals surface area contributed by atoms with E-state index in [1.165, 1.54) is 0 Å². The monoisotopic (exact) mass is 480 g/mol. The SMILES string of the molecule is COc1ccc(CCS(=O)(=O)NCCC2CCCCN2S(=O)(=O)c2ccc(C)cc2)cc1. The zero-order chi connectivity index (χ0) is 23.2. The van der Waals surface area contributed by atoms with Gasteiger partial charge >= 0.3 is 0 Å². The first-order chi connectivity index (χ1) is 15.2. The summed E-state index contributed by atoms with van der Waals surface area (Å²) in [5.41, 5.74) is 1.92. The van der Waals surface area contributed by atoms with Crippen LogP contribution in [0.1, 0.15) is 36.8 Å². The lowest BCUT2D eigenvalue weighted by Gasteiger charge is -2.34. The maximum absolute atomic E-state index is 13.2. The molecule has 1 aliphatic heterocycles. The zero-order valence-electron chi connectivity index (χ0n) is 18.7. The van der Waals surface area contributed by atoms with Crippen LogP contribution >= 0.6 is 0 Å². The van der Waals surface area contributed by atoms with Crippen molar-refractivity contribution in [2.45, 2.75) is 50.0 Å². The Morgan fingerprint density at radius 2 is 1.69 bits per heavy atom. The van der Waals surface area contributed by atoms with Gasteiger partial charge in [-0.3, -0.25) is 0 Å². The minimum Gasteiger partial charge on any atom is -0.497 e. The molecule has 7 nitrogen and oxygen atoms in total. The van der Waals surface area contributed by atoms with Gasteiger partial charge in [-0.05, 0) is 62.4 Å². The predicted molar refractivity (Wildman–Crippen MR) is 126 cm³/mol. The van der Waals surface area contributed by atoms with Crippen molar-refractivity contribution in [3.8, 4) is 5.75 Å². The fourth-order valence-electron chi connectivity index (χ4n) is 3.92. The lowest BCUT2D eigenvalue weighted by molar-refractivity contribution is 0.242. The third-order valence-electron chi connectivity index (χ3n) is 5.82. The molecular weight excluding hydrogens is 448 g/mol. The van der Waals surface area contributed by atoms with Crippen molar-refractivity contribution in [2.24, 2.45) is 0 Å². The quantitative estimate of drug-likeness (QED) is 0.564. The zero-order valence-corrected chi connectivity index (χ0v) is 20.3. The van der Waals surface area contributed by atoms with Crippen LogP contribution in [0.25, 0.3) is 0 Å². The molecular formula is C23H32N2O5S2. The number of nitrogens with zero attached hydrogens (tertiary/aromatic N) is 1. The Kier molecular flexibility index (Phi) is 8.32. The second-order valence-corrected chi connectivity index (χ2v) is 12.0. The summed E-state index contributed by atoms with van der Waals surface area (Å²) in [7, 11) is -5.47. The van der Waals surface area contributed by atoms with Crippen LogP contribution in [0.4, 0.5) is 0 Å². The van der Waals surface area contributed by atoms with Crippen LogP contribution in [-0.4, -0.2) is 53.1 Å². The predicted octanol–water partition coefficient (Wildman–Crippen LogP) is 3.10. The van der Waals surface area contributed by atoms with Crippen LogP contribution in [0.5, 0.6) is 5.75 Å². The summed E-state index contributed by atoms with van der Waals surface area (Å²) in [5, 5.41) is 0. The first-order valence-corrected chi connectivity index (χ1v) is 14.0. The van der Waals surface area contributed by atoms with Crippen LogP contribution in [0.3, 0.4) is 0 Å². The van der Waals surface area contributed by atoms with Gasteiger partial charge in [0, 0.05) is 19.1 Å². The molecule has 0 aliphatic carbocycles. The second kappa shape index (κ2) is 10.8. The molecule has 0 radical (unpaired) electrons. The summed E-state index contributed by atoms with van der Waals surface area (Å²) in [6.07, 6.45) is 3.34. The number of methoxy groups -OCH3 is 1. The molecule has 0 saturated carbocycles. The lowest BCUT2D eigenvalue weighted by atomic mass is 10.0. The number of piperidine rings is 1. The Bertz CT molecular complexity index is 1080. The summed E-state index contributed by atoms with van der Waals surface area (Å²) in [4.78, 5) is 0.287. The van der Waals surface area contributed by atoms with E-state index in [0.29, 0.717) is 19.4 Å². The van der Waals surface area contributed by atoms with Crippen LogP contribution in [0, 0.1) is 6.92 Å². The van der Waals surface area contributed by atoms with Gasteiger partial charge < -0.3 is 4.74 Å². The van der Waals surface area contributed by atoms with E-state index in [0.717, 1.165) is 36.1 Å². The molecule has 1 unspecified atom stereocenters. The molecule has 9 heteroatoms. The summed E-state index contributed by atoms with van der Waals surface area (Å²) in [6.45, 7) is 2.60. The third-order valence-corrected chi connectivity index (χ3v) is 9.17. The molecule has 1 aliphatic rings. The van der Waals surface area contributed by atoms with E-state index < -0.39 is 20.0 Å². The molecule has 1 fully saturated rings. The van der Waals surface area contributed by atoms with E-state index in [-0.39, 0.29) is 23.2 Å². The van der Waals surface area contributed by atoms with E-state index >= 15 is 0 Å². The average molecular weight is 481 g/mol. The molecule has 1 saturated heterocycles. The van der Waals surface area contributed by atoms with Gasteiger partial charge in [0.2, 0.25) is 20.0 Å². The molecule has 176 valence electrons. The number of aryl methyl sites for hydroxylation is 2. The highest BCUT2D eigenvalue weighted by molar-refractivity contribution is 7.89. The minimum absolute atomic E-state index is 0.0185. The van der Waals surface area contributed by atoms with Gasteiger partial charge in [0.05, 0.1) is 17.8 Å². The number of nitrogens with one attached hydrogen (secondary N) is 1. The fourth-order valence-corrected chi connectivity index (χ4v) is 6.72. The summed E-state index contributed by atoms with van der Waals surface area (Å²) < 4.78 is 60.5. The number of rotatable bonds is 10. The van der Waals surface area contributed by atoms with Gasteiger partial charge in [-0.15, -0.1) is 0 Å². The number of benzene rings is 2. The summed E-state index contributed by atoms with van der Waals surface area (Å²) in [5.74, 6) is 0.711. The highest BCUT2D eigenvalue weighted by Gasteiger charge is 2.33. The maximum atomic E-state index is 13.2. The Labute approximate surface area is 191 Å². The summed E-state index contributed by atoms with van der Waals surface area (Å²) >= 11 is 0. The smallest absolute Gasteiger partial charge is 0.243 e. The van der Waals surface area contributed by atoms with Crippen molar-refractivity contribution in [3.05, 3.63) is 59.7 Å². The molecule has 0 spiro atoms. The van der Waals surface area contributed by atoms with Crippen molar-refractivity contribution in [3.63, 3.8) is 0 Å². The molecule has 2 aromatic carbocycles. The van der Waals surface area contributed by atoms with Crippen LogP contribution in [-0.2, 0) is 26.5 Å². The number of ether oxygens (including phenoxy) is 1. The Morgan fingerprint density at radius 1 is 1.00 bits per heavy atom. The Morgan fingerprint density at radius 3 is 2.34 bits per heavy atom. The molecule has 0 aromatic heterocycles. The standard InChI is InChI=1S/C23H32N2O5S2/c1-19-6-12-23(13-7-19)32(28,29)25-17-4-3-5-21(25)14-16-24-31(26,27)18-15-20-8-10-22(30-2)11-9-20/h6-13,21,24H,3-5,14-18H2,1-2H3. The van der Waals surface area contributed by atoms with Crippen molar-refractivity contribution < 1.29 is 21.6 Å². The van der Waals surface area contributed by atoms with Crippen molar-refractivity contribution in [1.29, 1.82) is 0 Å². The largest absolute Gasteiger partial charge is 0.497 e. The number of sulfonamides is 2. The van der Waals surface area contributed by atoms with Gasteiger partial charge in [-0.2, -0.15) is 4.31 Å². The fraction of sp³-hybridized carbons (Fsp3) is 0.478. The van der Waals surface area contributed by atoms with Gasteiger partial charge in [0.1, 0.15) is 5.75 Å². The Hall–Kier alpha value is -1.94. The summed E-state index contributed by atoms with van der Waals surface area (Å²) in [6, 6.07) is 14.0. The maximum Gasteiger partial charge on any atom is 0.243 e. The Balaban J connectivity index is 1.56. The number of hydrogen-bond acceptors (Lipinski definition) is 5. The van der Waals surface area contributed by atoms with Gasteiger partial charge in [0.15, 0.2) is 0 Å². The highest BCUT2D eigenvalue weighted by atomic mass is 32.2. The van der Waals surface area contributed by atoms with E-state index in [1.807, 2.05) is 31.2 Å². The molecule has 0 amide bonds. The van der Waals surface area contributed by atoms with Crippen LogP contribution in [0.2, 0.25) is 0 Å². The average Bonchev–Trinajstić information content (AvgIpc) is 2.78. The van der Waals surface area contributed by atoms with Gasteiger partial charge in [0.25, 0.3) is 0 Å². The van der Waals surface area contributed by atoms with Crippen LogP contribution in [0.15, 0.2) is 53.4 Å². The van der Waals surface area contributed by atoms with E-state index in [9.17, 15) is 16.8 Å². The van der Waals surface area contributed by atoms with E-state index in [1.54, 1.807) is 35.7 Å². The van der Waals surface area contributed by atoms with Gasteiger partial charge in [-0.25, -0.2) is 21.6 Å².